The first-order chi connectivity index (χ1) is 28.0. The van der Waals surface area contributed by atoms with Crippen LogP contribution in [0.1, 0.15) is 121 Å². The van der Waals surface area contributed by atoms with Crippen molar-refractivity contribution >= 4 is 41.7 Å². The standard InChI is InChI=1S/C46H68N2O12/c1-12-13-20-56-40(54)47-23-36(52)59-39(38(53)27(3)26(2)24-57-35(51)22-48-41(55)60-42(7,8)9)29(5)37-33(58-30(6)49)21-44(11)34-15-14-31-28(4)32(50)16-17-45(31)25-46(34,45)19-18-43(37,44)10/h16-17,26,28-29,31,33-34,37,39H,3,12-15,18-25H2,1-2,4-11H3,(H,47,54)(H,48,55). The highest BCUT2D eigenvalue weighted by molar-refractivity contribution is 6.00. The van der Waals surface area contributed by atoms with Gasteiger partial charge in [-0.05, 0) is 111 Å². The Balaban J connectivity index is 1.39. The second kappa shape index (κ2) is 17.6. The monoisotopic (exact) mass is 840 g/mol. The predicted octanol–water partition coefficient (Wildman–Crippen LogP) is 6.83. The van der Waals surface area contributed by atoms with Gasteiger partial charge in [0.25, 0.3) is 0 Å². The number of alkyl carbamates (subject to hydrolysis) is 2. The van der Waals surface area contributed by atoms with Gasteiger partial charge in [-0.2, -0.15) is 0 Å². The Labute approximate surface area is 355 Å². The third-order valence-corrected chi connectivity index (χ3v) is 15.2. The quantitative estimate of drug-likeness (QED) is 0.0715. The summed E-state index contributed by atoms with van der Waals surface area (Å²) < 4.78 is 27.9. The van der Waals surface area contributed by atoms with Gasteiger partial charge < -0.3 is 34.3 Å². The molecule has 0 heterocycles. The molecule has 2 N–H and O–H groups in total. The zero-order chi connectivity index (χ0) is 44.6. The summed E-state index contributed by atoms with van der Waals surface area (Å²) >= 11 is 0. The Morgan fingerprint density at radius 3 is 2.27 bits per heavy atom. The van der Waals surface area contributed by atoms with E-state index in [1.165, 1.54) is 6.92 Å². The highest BCUT2D eigenvalue weighted by Crippen LogP contribution is 2.87. The first-order valence-corrected chi connectivity index (χ1v) is 21.8. The van der Waals surface area contributed by atoms with Gasteiger partial charge in [0.2, 0.25) is 0 Å². The van der Waals surface area contributed by atoms with Gasteiger partial charge in [-0.15, -0.1) is 0 Å². The van der Waals surface area contributed by atoms with Crippen LogP contribution < -0.4 is 10.6 Å². The van der Waals surface area contributed by atoms with Crippen molar-refractivity contribution in [3.63, 3.8) is 0 Å². The van der Waals surface area contributed by atoms with Crippen LogP contribution in [0.2, 0.25) is 0 Å². The molecule has 60 heavy (non-hydrogen) atoms. The van der Waals surface area contributed by atoms with Crippen LogP contribution >= 0.6 is 0 Å². The number of unbranched alkanes of at least 4 members (excludes halogenated alkanes) is 1. The molecule has 12 unspecified atom stereocenters. The zero-order valence-corrected chi connectivity index (χ0v) is 37.4. The largest absolute Gasteiger partial charge is 0.464 e. The van der Waals surface area contributed by atoms with Crippen LogP contribution in [-0.4, -0.2) is 85.8 Å². The average molecular weight is 841 g/mol. The minimum absolute atomic E-state index is 0.0244. The maximum absolute atomic E-state index is 14.7. The van der Waals surface area contributed by atoms with Crippen molar-refractivity contribution in [3.05, 3.63) is 24.3 Å². The molecule has 0 aliphatic heterocycles. The number of fused-ring (bicyclic) bond motifs is 2. The van der Waals surface area contributed by atoms with Gasteiger partial charge in [0.15, 0.2) is 17.7 Å². The lowest BCUT2D eigenvalue weighted by Crippen LogP contribution is -2.56. The van der Waals surface area contributed by atoms with Crippen molar-refractivity contribution in [1.29, 1.82) is 0 Å². The lowest BCUT2D eigenvalue weighted by Gasteiger charge is -2.61. The van der Waals surface area contributed by atoms with Crippen molar-refractivity contribution in [2.75, 3.05) is 26.3 Å². The van der Waals surface area contributed by atoms with E-state index in [1.807, 2.05) is 13.8 Å². The van der Waals surface area contributed by atoms with Crippen molar-refractivity contribution in [2.45, 2.75) is 138 Å². The normalized spacial score (nSPS) is 33.8. The average Bonchev–Trinajstić information content (AvgIpc) is 3.78. The predicted molar refractivity (Wildman–Crippen MR) is 220 cm³/mol. The summed E-state index contributed by atoms with van der Waals surface area (Å²) in [4.78, 5) is 90.8. The molecule has 0 radical (unpaired) electrons. The number of carbonyl (C=O) groups is 7. The Morgan fingerprint density at radius 2 is 1.62 bits per heavy atom. The molecule has 0 aromatic carbocycles. The van der Waals surface area contributed by atoms with E-state index in [9.17, 15) is 33.6 Å². The van der Waals surface area contributed by atoms with E-state index in [0.29, 0.717) is 18.8 Å². The summed E-state index contributed by atoms with van der Waals surface area (Å²) in [5.74, 6) is -3.74. The summed E-state index contributed by atoms with van der Waals surface area (Å²) in [5.41, 5.74) is -1.51. The van der Waals surface area contributed by atoms with E-state index < -0.39 is 89.9 Å². The molecule has 0 aromatic rings. The molecular weight excluding hydrogens is 773 g/mol. The first kappa shape index (κ1) is 46.8. The molecule has 0 saturated heterocycles. The maximum atomic E-state index is 14.7. The second-order valence-corrected chi connectivity index (χ2v) is 19.8. The van der Waals surface area contributed by atoms with Gasteiger partial charge in [0, 0.05) is 30.6 Å². The van der Waals surface area contributed by atoms with Crippen molar-refractivity contribution in [2.24, 2.45) is 57.2 Å². The molecule has 2 spiro atoms. The van der Waals surface area contributed by atoms with Crippen molar-refractivity contribution < 1.29 is 57.2 Å². The molecule has 4 fully saturated rings. The van der Waals surface area contributed by atoms with Crippen LogP contribution in [0.15, 0.2) is 24.3 Å². The molecule has 12 atom stereocenters. The summed E-state index contributed by atoms with van der Waals surface area (Å²) in [6.07, 6.45) is 7.07. The summed E-state index contributed by atoms with van der Waals surface area (Å²) in [6, 6.07) is 0. The molecule has 5 rings (SSSR count). The van der Waals surface area contributed by atoms with E-state index in [-0.39, 0.29) is 52.7 Å². The number of Topliss-reactive ketones (excluding diaryl/α,β-unsaturated/α-hetero) is 1. The van der Waals surface area contributed by atoms with Crippen LogP contribution in [0, 0.1) is 57.2 Å². The fourth-order valence-electron chi connectivity index (χ4n) is 12.2. The lowest BCUT2D eigenvalue weighted by atomic mass is 9.43. The highest BCUT2D eigenvalue weighted by Gasteiger charge is 2.81. The van der Waals surface area contributed by atoms with E-state index >= 15 is 0 Å². The number of hydrogen-bond acceptors (Lipinski definition) is 12. The number of rotatable bonds is 16. The maximum Gasteiger partial charge on any atom is 0.408 e. The van der Waals surface area contributed by atoms with Gasteiger partial charge >= 0.3 is 30.1 Å². The number of ketones is 2. The van der Waals surface area contributed by atoms with Crippen LogP contribution in [0.4, 0.5) is 9.59 Å². The molecular formula is C46H68N2O12. The molecule has 0 aromatic heterocycles. The van der Waals surface area contributed by atoms with Gasteiger partial charge in [-0.1, -0.05) is 60.6 Å². The summed E-state index contributed by atoms with van der Waals surface area (Å²) in [6.45, 7) is 21.5. The number of esters is 3. The minimum atomic E-state index is -1.40. The minimum Gasteiger partial charge on any atom is -0.464 e. The molecule has 334 valence electrons. The molecule has 4 saturated carbocycles. The second-order valence-electron chi connectivity index (χ2n) is 19.8. The van der Waals surface area contributed by atoms with Gasteiger partial charge in [-0.25, -0.2) is 9.59 Å². The topological polar surface area (TPSA) is 190 Å². The summed E-state index contributed by atoms with van der Waals surface area (Å²) in [5, 5.41) is 4.76. The number of ether oxygens (including phenoxy) is 5. The van der Waals surface area contributed by atoms with Crippen LogP contribution in [0.3, 0.4) is 0 Å². The SMILES string of the molecule is C=C(C(=O)C(OC(=O)CNC(=O)OCCCC)C(C)C1C(OC(C)=O)CC2(C)C3CCC4C(C)C(=O)C=CC45CC35CCC12C)C(C)COC(=O)CNC(=O)OC(C)(C)C. The molecule has 14 nitrogen and oxygen atoms in total. The van der Waals surface area contributed by atoms with Crippen molar-refractivity contribution in [3.8, 4) is 0 Å². The number of allylic oxidation sites excluding steroid dienone is 2. The zero-order valence-electron chi connectivity index (χ0n) is 37.4. The molecule has 5 aliphatic carbocycles. The van der Waals surface area contributed by atoms with Gasteiger partial charge in [0.1, 0.15) is 24.8 Å². The number of hydrogen-bond donors (Lipinski definition) is 2. The number of amides is 2. The molecule has 5 aliphatic rings. The molecule has 14 heteroatoms. The Kier molecular flexibility index (Phi) is 13.8. The van der Waals surface area contributed by atoms with E-state index in [2.05, 4.69) is 44.1 Å². The highest BCUT2D eigenvalue weighted by atomic mass is 16.6. The smallest absolute Gasteiger partial charge is 0.408 e. The molecule has 2 amide bonds. The van der Waals surface area contributed by atoms with E-state index in [4.69, 9.17) is 23.7 Å². The van der Waals surface area contributed by atoms with Gasteiger partial charge in [-0.3, -0.25) is 24.0 Å². The van der Waals surface area contributed by atoms with E-state index in [0.717, 1.165) is 38.5 Å². The number of nitrogens with one attached hydrogen (secondary N) is 2. The Morgan fingerprint density at radius 1 is 0.950 bits per heavy atom. The van der Waals surface area contributed by atoms with E-state index in [1.54, 1.807) is 33.8 Å². The third kappa shape index (κ3) is 8.89. The first-order valence-electron chi connectivity index (χ1n) is 21.8. The summed E-state index contributed by atoms with van der Waals surface area (Å²) in [7, 11) is 0. The van der Waals surface area contributed by atoms with Gasteiger partial charge in [0.05, 0.1) is 13.2 Å². The Bertz CT molecular complexity index is 1770. The van der Waals surface area contributed by atoms with Crippen LogP contribution in [-0.2, 0) is 47.7 Å². The fraction of sp³-hybridized carbons (Fsp3) is 0.761. The molecule has 0 bridgehead atoms. The van der Waals surface area contributed by atoms with Crippen LogP contribution in [0.5, 0.6) is 0 Å². The lowest BCUT2D eigenvalue weighted by molar-refractivity contribution is -0.167. The number of carbonyl (C=O) groups excluding carboxylic acids is 7. The fourth-order valence-corrected chi connectivity index (χ4v) is 12.2. The third-order valence-electron chi connectivity index (χ3n) is 15.2. The van der Waals surface area contributed by atoms with Crippen LogP contribution in [0.25, 0.3) is 0 Å². The van der Waals surface area contributed by atoms with Crippen molar-refractivity contribution in [1.82, 2.24) is 10.6 Å². The Hall–Kier alpha value is -4.23.